The van der Waals surface area contributed by atoms with Gasteiger partial charge in [0.15, 0.2) is 0 Å². The second-order valence-corrected chi connectivity index (χ2v) is 4.14. The van der Waals surface area contributed by atoms with Gasteiger partial charge in [-0.15, -0.1) is 0 Å². The van der Waals surface area contributed by atoms with Crippen LogP contribution in [0.4, 0.5) is 0 Å². The van der Waals surface area contributed by atoms with Crippen LogP contribution >= 0.6 is 0 Å². The second-order valence-electron chi connectivity index (χ2n) is 4.14. The summed E-state index contributed by atoms with van der Waals surface area (Å²) in [4.78, 5) is 21.8. The lowest BCUT2D eigenvalue weighted by Gasteiger charge is -2.32. The number of aliphatic hydroxyl groups is 2. The summed E-state index contributed by atoms with van der Waals surface area (Å²) >= 11 is 0. The molecule has 0 spiro atoms. The third kappa shape index (κ3) is 4.01. The van der Waals surface area contributed by atoms with E-state index < -0.39 is 30.8 Å². The lowest BCUT2D eigenvalue weighted by Crippen LogP contribution is -2.47. The molecule has 7 heteroatoms. The Hall–Kier alpha value is -1.60. The number of carbonyl (C=O) groups is 2. The predicted molar refractivity (Wildman–Crippen MR) is 60.5 cm³/mol. The maximum atomic E-state index is 11.0. The van der Waals surface area contributed by atoms with Crippen molar-refractivity contribution in [2.45, 2.75) is 38.0 Å². The lowest BCUT2D eigenvalue weighted by molar-refractivity contribution is -0.139. The molecule has 1 aliphatic rings. The zero-order chi connectivity index (χ0) is 13.7. The highest BCUT2D eigenvalue weighted by Gasteiger charge is 2.31. The first kappa shape index (κ1) is 14.5. The third-order valence-corrected chi connectivity index (χ3v) is 2.60. The molecule has 7 nitrogen and oxygen atoms in total. The van der Waals surface area contributed by atoms with Gasteiger partial charge in [0.1, 0.15) is 6.10 Å². The number of aliphatic carboxylic acids is 1. The predicted octanol–water partition coefficient (Wildman–Crippen LogP) is -1.01. The van der Waals surface area contributed by atoms with E-state index in [1.54, 1.807) is 0 Å². The fraction of sp³-hybridized carbons (Fsp3) is 0.636. The number of carboxylic acids is 1. The summed E-state index contributed by atoms with van der Waals surface area (Å²) in [5.74, 6) is -1.66. The molecule has 0 aliphatic carbocycles. The van der Waals surface area contributed by atoms with E-state index in [1.165, 1.54) is 13.0 Å². The Balaban J connectivity index is 2.75. The van der Waals surface area contributed by atoms with Gasteiger partial charge >= 0.3 is 5.97 Å². The van der Waals surface area contributed by atoms with Crippen molar-refractivity contribution in [2.75, 3.05) is 6.61 Å². The molecule has 0 saturated heterocycles. The molecule has 102 valence electrons. The van der Waals surface area contributed by atoms with Crippen molar-refractivity contribution >= 4 is 11.9 Å². The summed E-state index contributed by atoms with van der Waals surface area (Å²) in [7, 11) is 0. The van der Waals surface area contributed by atoms with E-state index >= 15 is 0 Å². The monoisotopic (exact) mass is 259 g/mol. The zero-order valence-electron chi connectivity index (χ0n) is 10.00. The van der Waals surface area contributed by atoms with Gasteiger partial charge in [-0.25, -0.2) is 4.79 Å². The largest absolute Gasteiger partial charge is 0.481 e. The van der Waals surface area contributed by atoms with Crippen LogP contribution in [-0.4, -0.2) is 52.1 Å². The standard InChI is InChI=1S/C11H17NO6/c1-6(14)12-8-2-3-9(11(16)17)18-10(8)4-7(15)5-13/h3,7-8,10,13,15H,2,4-5H2,1H3,(H,12,14)(H,16,17). The van der Waals surface area contributed by atoms with E-state index in [9.17, 15) is 14.7 Å². The normalized spacial score (nSPS) is 24.7. The number of carboxylic acid groups (broad SMARTS) is 1. The Kier molecular flexibility index (Phi) is 5.11. The molecule has 18 heavy (non-hydrogen) atoms. The molecular weight excluding hydrogens is 242 g/mol. The Morgan fingerprint density at radius 3 is 2.78 bits per heavy atom. The van der Waals surface area contributed by atoms with Gasteiger partial charge in [-0.2, -0.15) is 0 Å². The molecule has 1 amide bonds. The first-order valence-electron chi connectivity index (χ1n) is 5.60. The first-order chi connectivity index (χ1) is 8.43. The summed E-state index contributed by atoms with van der Waals surface area (Å²) < 4.78 is 5.21. The lowest BCUT2D eigenvalue weighted by atomic mass is 9.98. The second kappa shape index (κ2) is 6.36. The Morgan fingerprint density at radius 1 is 1.61 bits per heavy atom. The summed E-state index contributed by atoms with van der Waals surface area (Å²) in [5, 5.41) is 29.6. The van der Waals surface area contributed by atoms with Crippen LogP contribution in [0.1, 0.15) is 19.8 Å². The molecule has 0 aromatic heterocycles. The number of amides is 1. The van der Waals surface area contributed by atoms with Crippen LogP contribution < -0.4 is 5.32 Å². The van der Waals surface area contributed by atoms with E-state index in [4.69, 9.17) is 14.9 Å². The van der Waals surface area contributed by atoms with E-state index in [-0.39, 0.29) is 18.1 Å². The first-order valence-corrected chi connectivity index (χ1v) is 5.60. The number of carbonyl (C=O) groups excluding carboxylic acids is 1. The molecular formula is C11H17NO6. The molecule has 3 atom stereocenters. The number of hydrogen-bond acceptors (Lipinski definition) is 5. The average molecular weight is 259 g/mol. The average Bonchev–Trinajstić information content (AvgIpc) is 2.30. The fourth-order valence-corrected chi connectivity index (χ4v) is 1.78. The van der Waals surface area contributed by atoms with E-state index in [1.807, 2.05) is 0 Å². The zero-order valence-corrected chi connectivity index (χ0v) is 10.00. The van der Waals surface area contributed by atoms with E-state index in [0.717, 1.165) is 0 Å². The highest BCUT2D eigenvalue weighted by Crippen LogP contribution is 2.21. The van der Waals surface area contributed by atoms with E-state index in [0.29, 0.717) is 6.42 Å². The molecule has 3 unspecified atom stereocenters. The van der Waals surface area contributed by atoms with Crippen LogP contribution in [0.2, 0.25) is 0 Å². The molecule has 0 saturated carbocycles. The minimum absolute atomic E-state index is 0.0477. The number of hydrogen-bond donors (Lipinski definition) is 4. The number of ether oxygens (including phenoxy) is 1. The van der Waals surface area contributed by atoms with Crippen molar-refractivity contribution in [3.05, 3.63) is 11.8 Å². The summed E-state index contributed by atoms with van der Waals surface area (Å²) in [6.07, 6.45) is 0.0486. The van der Waals surface area contributed by atoms with Crippen molar-refractivity contribution in [3.8, 4) is 0 Å². The van der Waals surface area contributed by atoms with Gasteiger partial charge in [0.25, 0.3) is 0 Å². The highest BCUT2D eigenvalue weighted by molar-refractivity contribution is 5.84. The number of rotatable bonds is 5. The van der Waals surface area contributed by atoms with Crippen LogP contribution in [0.25, 0.3) is 0 Å². The highest BCUT2D eigenvalue weighted by atomic mass is 16.5. The minimum atomic E-state index is -1.19. The van der Waals surface area contributed by atoms with Crippen LogP contribution in [0.5, 0.6) is 0 Å². The summed E-state index contributed by atoms with van der Waals surface area (Å²) in [5.41, 5.74) is 0. The van der Waals surface area contributed by atoms with Crippen molar-refractivity contribution in [2.24, 2.45) is 0 Å². The van der Waals surface area contributed by atoms with E-state index in [2.05, 4.69) is 5.32 Å². The molecule has 1 heterocycles. The van der Waals surface area contributed by atoms with Gasteiger partial charge in [0.2, 0.25) is 11.7 Å². The fourth-order valence-electron chi connectivity index (χ4n) is 1.78. The van der Waals surface area contributed by atoms with Crippen LogP contribution in [0.15, 0.2) is 11.8 Å². The van der Waals surface area contributed by atoms with Crippen molar-refractivity contribution in [3.63, 3.8) is 0 Å². The minimum Gasteiger partial charge on any atom is -0.481 e. The Labute approximate surface area is 104 Å². The van der Waals surface area contributed by atoms with Gasteiger partial charge in [-0.1, -0.05) is 0 Å². The Morgan fingerprint density at radius 2 is 2.28 bits per heavy atom. The smallest absolute Gasteiger partial charge is 0.370 e. The summed E-state index contributed by atoms with van der Waals surface area (Å²) in [6.45, 7) is 0.898. The number of aliphatic hydroxyl groups excluding tert-OH is 2. The van der Waals surface area contributed by atoms with Crippen molar-refractivity contribution in [1.82, 2.24) is 5.32 Å². The van der Waals surface area contributed by atoms with Gasteiger partial charge in [0, 0.05) is 13.3 Å². The molecule has 1 rings (SSSR count). The third-order valence-electron chi connectivity index (χ3n) is 2.60. The molecule has 0 fully saturated rings. The maximum Gasteiger partial charge on any atom is 0.370 e. The van der Waals surface area contributed by atoms with Crippen molar-refractivity contribution < 1.29 is 29.6 Å². The van der Waals surface area contributed by atoms with Crippen molar-refractivity contribution in [1.29, 1.82) is 0 Å². The van der Waals surface area contributed by atoms with Crippen LogP contribution in [-0.2, 0) is 14.3 Å². The van der Waals surface area contributed by atoms with Gasteiger partial charge in [-0.05, 0) is 12.5 Å². The molecule has 0 bridgehead atoms. The van der Waals surface area contributed by atoms with Gasteiger partial charge in [-0.3, -0.25) is 4.79 Å². The topological polar surface area (TPSA) is 116 Å². The molecule has 4 N–H and O–H groups in total. The van der Waals surface area contributed by atoms with Gasteiger partial charge < -0.3 is 25.4 Å². The van der Waals surface area contributed by atoms with Crippen LogP contribution in [0, 0.1) is 0 Å². The van der Waals surface area contributed by atoms with Gasteiger partial charge in [0.05, 0.1) is 18.8 Å². The molecule has 0 radical (unpaired) electrons. The number of nitrogens with one attached hydrogen (secondary N) is 1. The summed E-state index contributed by atoms with van der Waals surface area (Å²) in [6, 6.07) is -0.410. The quantitative estimate of drug-likeness (QED) is 0.503. The Bertz CT molecular complexity index is 353. The SMILES string of the molecule is CC(=O)NC1CC=C(C(=O)O)OC1CC(O)CO. The van der Waals surface area contributed by atoms with Crippen LogP contribution in [0.3, 0.4) is 0 Å². The molecule has 0 aromatic rings. The molecule has 1 aliphatic heterocycles. The maximum absolute atomic E-state index is 11.0. The molecule has 0 aromatic carbocycles.